The lowest BCUT2D eigenvalue weighted by Gasteiger charge is -2.30. The van der Waals surface area contributed by atoms with Gasteiger partial charge in [0.1, 0.15) is 17.4 Å². The molecule has 26 heavy (non-hydrogen) atoms. The summed E-state index contributed by atoms with van der Waals surface area (Å²) < 4.78 is 10.5. The Labute approximate surface area is 151 Å². The van der Waals surface area contributed by atoms with E-state index in [0.29, 0.717) is 28.4 Å². The van der Waals surface area contributed by atoms with E-state index in [1.54, 1.807) is 21.0 Å². The number of ether oxygens (including phenoxy) is 2. The van der Waals surface area contributed by atoms with E-state index in [9.17, 15) is 4.79 Å². The number of nitrogens with zero attached hydrogens (tertiary/aromatic N) is 2. The molecule has 0 spiro atoms. The van der Waals surface area contributed by atoms with Crippen LogP contribution in [0.15, 0.2) is 35.5 Å². The maximum Gasteiger partial charge on any atom is 0.336 e. The average Bonchev–Trinajstić information content (AvgIpc) is 2.60. The van der Waals surface area contributed by atoms with Crippen molar-refractivity contribution in [2.75, 3.05) is 30.5 Å². The summed E-state index contributed by atoms with van der Waals surface area (Å²) in [6.45, 7) is 3.82. The molecule has 1 unspecified atom stereocenters. The second-order valence-corrected chi connectivity index (χ2v) is 5.82. The molecule has 136 valence electrons. The molecule has 0 saturated heterocycles. The first-order chi connectivity index (χ1) is 12.5. The summed E-state index contributed by atoms with van der Waals surface area (Å²) in [5.74, 6) is 0.589. The highest BCUT2D eigenvalue weighted by Crippen LogP contribution is 2.44. The molecule has 5 N–H and O–H groups in total. The molecule has 0 radical (unpaired) electrons. The average molecular weight is 355 g/mol. The topological polar surface area (TPSA) is 125 Å². The van der Waals surface area contributed by atoms with E-state index in [2.05, 4.69) is 15.3 Å². The number of hydrogen-bond acceptors (Lipinski definition) is 8. The van der Waals surface area contributed by atoms with E-state index in [1.165, 1.54) is 0 Å². The van der Waals surface area contributed by atoms with Crippen LogP contribution in [0.2, 0.25) is 0 Å². The highest BCUT2D eigenvalue weighted by molar-refractivity contribution is 5.95. The number of anilines is 3. The number of esters is 1. The second kappa shape index (κ2) is 6.91. The third-order valence-corrected chi connectivity index (χ3v) is 4.22. The van der Waals surface area contributed by atoms with Crippen LogP contribution in [0.25, 0.3) is 0 Å². The Morgan fingerprint density at radius 3 is 2.54 bits per heavy atom. The molecular formula is C18H21N5O3. The first-order valence-electron chi connectivity index (χ1n) is 8.18. The van der Waals surface area contributed by atoms with Crippen molar-refractivity contribution in [2.45, 2.75) is 19.8 Å². The van der Waals surface area contributed by atoms with Crippen LogP contribution in [0.3, 0.4) is 0 Å². The van der Waals surface area contributed by atoms with E-state index in [1.807, 2.05) is 24.3 Å². The highest BCUT2D eigenvalue weighted by atomic mass is 16.5. The molecule has 1 atom stereocenters. The number of nitrogens with two attached hydrogens (primary N) is 2. The highest BCUT2D eigenvalue weighted by Gasteiger charge is 2.36. The summed E-state index contributed by atoms with van der Waals surface area (Å²) in [7, 11) is 1.59. The molecule has 0 bridgehead atoms. The maximum atomic E-state index is 12.7. The van der Waals surface area contributed by atoms with Crippen LogP contribution in [-0.2, 0) is 9.53 Å². The minimum Gasteiger partial charge on any atom is -0.497 e. The number of nitrogens with one attached hydrogen (secondary N) is 1. The van der Waals surface area contributed by atoms with Gasteiger partial charge in [-0.25, -0.2) is 4.79 Å². The van der Waals surface area contributed by atoms with Crippen molar-refractivity contribution in [3.8, 4) is 5.75 Å². The Hall–Kier alpha value is -3.29. The normalized spacial score (nSPS) is 15.9. The van der Waals surface area contributed by atoms with Gasteiger partial charge in [0.25, 0.3) is 0 Å². The van der Waals surface area contributed by atoms with Crippen molar-refractivity contribution >= 4 is 23.6 Å². The van der Waals surface area contributed by atoms with E-state index in [0.717, 1.165) is 5.56 Å². The van der Waals surface area contributed by atoms with E-state index < -0.39 is 11.9 Å². The summed E-state index contributed by atoms with van der Waals surface area (Å²) in [5, 5.41) is 3.10. The van der Waals surface area contributed by atoms with E-state index in [4.69, 9.17) is 20.9 Å². The van der Waals surface area contributed by atoms with Gasteiger partial charge in [-0.3, -0.25) is 0 Å². The van der Waals surface area contributed by atoms with Gasteiger partial charge in [-0.05, 0) is 31.5 Å². The van der Waals surface area contributed by atoms with Crippen LogP contribution < -0.4 is 21.5 Å². The minimum absolute atomic E-state index is 0.0645. The fourth-order valence-electron chi connectivity index (χ4n) is 3.10. The third-order valence-electron chi connectivity index (χ3n) is 4.22. The second-order valence-electron chi connectivity index (χ2n) is 5.82. The summed E-state index contributed by atoms with van der Waals surface area (Å²) >= 11 is 0. The van der Waals surface area contributed by atoms with Gasteiger partial charge in [0.15, 0.2) is 0 Å². The zero-order valence-corrected chi connectivity index (χ0v) is 14.9. The maximum absolute atomic E-state index is 12.7. The molecule has 1 aliphatic rings. The van der Waals surface area contributed by atoms with Gasteiger partial charge in [0.2, 0.25) is 5.95 Å². The molecule has 8 heteroatoms. The monoisotopic (exact) mass is 355 g/mol. The van der Waals surface area contributed by atoms with Crippen LogP contribution in [-0.4, -0.2) is 29.7 Å². The molecule has 0 fully saturated rings. The zero-order valence-electron chi connectivity index (χ0n) is 14.9. The van der Waals surface area contributed by atoms with Crippen molar-refractivity contribution < 1.29 is 14.3 Å². The molecule has 1 aromatic carbocycles. The van der Waals surface area contributed by atoms with Crippen molar-refractivity contribution in [1.82, 2.24) is 9.97 Å². The largest absolute Gasteiger partial charge is 0.497 e. The van der Waals surface area contributed by atoms with Crippen LogP contribution in [0.5, 0.6) is 5.75 Å². The fourth-order valence-corrected chi connectivity index (χ4v) is 3.10. The fraction of sp³-hybridized carbons (Fsp3) is 0.278. The molecular weight excluding hydrogens is 334 g/mol. The molecule has 8 nitrogen and oxygen atoms in total. The van der Waals surface area contributed by atoms with Crippen LogP contribution in [0.4, 0.5) is 17.6 Å². The van der Waals surface area contributed by atoms with Crippen LogP contribution >= 0.6 is 0 Å². The number of rotatable bonds is 4. The summed E-state index contributed by atoms with van der Waals surface area (Å²) in [6, 6.07) is 7.40. The Kier molecular flexibility index (Phi) is 4.66. The van der Waals surface area contributed by atoms with Gasteiger partial charge in [0.05, 0.1) is 25.2 Å². The van der Waals surface area contributed by atoms with Crippen molar-refractivity contribution in [2.24, 2.45) is 0 Å². The molecule has 1 aliphatic heterocycles. The lowest BCUT2D eigenvalue weighted by molar-refractivity contribution is -0.138. The van der Waals surface area contributed by atoms with Crippen molar-refractivity contribution in [1.29, 1.82) is 0 Å². The Morgan fingerprint density at radius 1 is 1.23 bits per heavy atom. The lowest BCUT2D eigenvalue weighted by atomic mass is 9.82. The Balaban J connectivity index is 2.21. The number of aromatic nitrogens is 2. The molecule has 0 amide bonds. The standard InChI is InChI=1S/C18H21N5O3/c1-4-26-17(24)12-9(2)21-16-14(15(19)22-18(20)23-16)13(12)10-5-7-11(25-3)8-6-10/h5-8,13H,4H2,1-3H3,(H5,19,20,21,22,23). The van der Waals surface area contributed by atoms with Gasteiger partial charge in [-0.2, -0.15) is 9.97 Å². The van der Waals surface area contributed by atoms with Crippen molar-refractivity contribution in [3.63, 3.8) is 0 Å². The first kappa shape index (κ1) is 17.5. The van der Waals surface area contributed by atoms with Gasteiger partial charge >= 0.3 is 5.97 Å². The van der Waals surface area contributed by atoms with E-state index in [-0.39, 0.29) is 18.4 Å². The van der Waals surface area contributed by atoms with Crippen LogP contribution in [0.1, 0.15) is 30.9 Å². The van der Waals surface area contributed by atoms with Crippen molar-refractivity contribution in [3.05, 3.63) is 46.7 Å². The molecule has 0 saturated carbocycles. The molecule has 0 aliphatic carbocycles. The smallest absolute Gasteiger partial charge is 0.336 e. The number of carbonyl (C=O) groups is 1. The van der Waals surface area contributed by atoms with Gasteiger partial charge in [-0.15, -0.1) is 0 Å². The number of allylic oxidation sites excluding steroid dienone is 1. The number of nitrogen functional groups attached to an aromatic ring is 2. The zero-order chi connectivity index (χ0) is 18.8. The predicted molar refractivity (Wildman–Crippen MR) is 98.6 cm³/mol. The number of fused-ring (bicyclic) bond motifs is 1. The SMILES string of the molecule is CCOC(=O)C1=C(C)Nc2nc(N)nc(N)c2C1c1ccc(OC)cc1. The lowest BCUT2D eigenvalue weighted by Crippen LogP contribution is -2.26. The molecule has 2 heterocycles. The summed E-state index contributed by atoms with van der Waals surface area (Å²) in [6.07, 6.45) is 0. The van der Waals surface area contributed by atoms with Crippen LogP contribution in [0, 0.1) is 0 Å². The van der Waals surface area contributed by atoms with Gasteiger partial charge < -0.3 is 26.3 Å². The molecule has 1 aromatic heterocycles. The number of benzene rings is 1. The number of carbonyl (C=O) groups excluding carboxylic acids is 1. The number of hydrogen-bond donors (Lipinski definition) is 3. The minimum atomic E-state index is -0.475. The van der Waals surface area contributed by atoms with Gasteiger partial charge in [0, 0.05) is 11.3 Å². The molecule has 3 rings (SSSR count). The Bertz CT molecular complexity index is 877. The quantitative estimate of drug-likeness (QED) is 0.712. The third kappa shape index (κ3) is 3.01. The van der Waals surface area contributed by atoms with E-state index >= 15 is 0 Å². The Morgan fingerprint density at radius 2 is 1.92 bits per heavy atom. The predicted octanol–water partition coefficient (Wildman–Crippen LogP) is 2.04. The first-order valence-corrected chi connectivity index (χ1v) is 8.18. The summed E-state index contributed by atoms with van der Waals surface area (Å²) in [4.78, 5) is 21.0. The van der Waals surface area contributed by atoms with Gasteiger partial charge in [-0.1, -0.05) is 12.1 Å². The molecule has 2 aromatic rings. The number of methoxy groups -OCH3 is 1. The summed E-state index contributed by atoms with van der Waals surface area (Å²) in [5.41, 5.74) is 14.4.